The summed E-state index contributed by atoms with van der Waals surface area (Å²) < 4.78 is 10.6. The van der Waals surface area contributed by atoms with Crippen molar-refractivity contribution in [2.45, 2.75) is 32.7 Å². The number of hydrogen-bond donors (Lipinski definition) is 2. The summed E-state index contributed by atoms with van der Waals surface area (Å²) in [5.74, 6) is -0.578. The summed E-state index contributed by atoms with van der Waals surface area (Å²) in [5, 5.41) is 11.5. The molecule has 0 fully saturated rings. The fourth-order valence-corrected chi connectivity index (χ4v) is 1.72. The fraction of sp³-hybridized carbons (Fsp3) is 0.467. The summed E-state index contributed by atoms with van der Waals surface area (Å²) in [6.45, 7) is 4.11. The number of rotatable bonds is 8. The largest absolute Gasteiger partial charge is 0.497 e. The molecule has 1 unspecified atom stereocenters. The standard InChI is InChI=1S/C15H21NO5/c1-4-8-21-13-9-10(20-3)6-7-11(13)14(17)16-12(5-2)15(18)19/h6-7,9,12H,4-5,8H2,1-3H3,(H,16,17)(H,18,19). The van der Waals surface area contributed by atoms with E-state index in [1.165, 1.54) is 7.11 Å². The highest BCUT2D eigenvalue weighted by Crippen LogP contribution is 2.25. The molecule has 0 bridgehead atoms. The first-order chi connectivity index (χ1) is 10.0. The lowest BCUT2D eigenvalue weighted by Crippen LogP contribution is -2.40. The van der Waals surface area contributed by atoms with Crippen LogP contribution in [0.25, 0.3) is 0 Å². The SMILES string of the molecule is CCCOc1cc(OC)ccc1C(=O)NC(CC)C(=O)O. The van der Waals surface area contributed by atoms with Crippen LogP contribution in [0.15, 0.2) is 18.2 Å². The van der Waals surface area contributed by atoms with E-state index >= 15 is 0 Å². The Morgan fingerprint density at radius 2 is 2.05 bits per heavy atom. The van der Waals surface area contributed by atoms with Crippen LogP contribution in [0, 0.1) is 0 Å². The van der Waals surface area contributed by atoms with Crippen LogP contribution in [0.4, 0.5) is 0 Å². The zero-order valence-electron chi connectivity index (χ0n) is 12.5. The Labute approximate surface area is 124 Å². The van der Waals surface area contributed by atoms with E-state index in [0.29, 0.717) is 30.1 Å². The van der Waals surface area contributed by atoms with Gasteiger partial charge in [-0.3, -0.25) is 4.79 Å². The molecule has 0 radical (unpaired) electrons. The van der Waals surface area contributed by atoms with Gasteiger partial charge >= 0.3 is 5.97 Å². The van der Waals surface area contributed by atoms with Crippen LogP contribution < -0.4 is 14.8 Å². The van der Waals surface area contributed by atoms with Gasteiger partial charge in [-0.15, -0.1) is 0 Å². The van der Waals surface area contributed by atoms with Gasteiger partial charge in [0, 0.05) is 6.07 Å². The smallest absolute Gasteiger partial charge is 0.326 e. The predicted octanol–water partition coefficient (Wildman–Crippen LogP) is 2.08. The molecule has 0 spiro atoms. The van der Waals surface area contributed by atoms with Crippen LogP contribution in [0.2, 0.25) is 0 Å². The van der Waals surface area contributed by atoms with E-state index in [0.717, 1.165) is 6.42 Å². The topological polar surface area (TPSA) is 84.9 Å². The number of ether oxygens (including phenoxy) is 2. The molecule has 116 valence electrons. The van der Waals surface area contributed by atoms with E-state index in [1.807, 2.05) is 6.92 Å². The number of amides is 1. The Bertz CT molecular complexity index is 501. The number of nitrogens with one attached hydrogen (secondary N) is 1. The first-order valence-electron chi connectivity index (χ1n) is 6.87. The van der Waals surface area contributed by atoms with E-state index in [-0.39, 0.29) is 0 Å². The summed E-state index contributed by atoms with van der Waals surface area (Å²) in [4.78, 5) is 23.2. The van der Waals surface area contributed by atoms with E-state index < -0.39 is 17.9 Å². The maximum atomic E-state index is 12.2. The highest BCUT2D eigenvalue weighted by atomic mass is 16.5. The Balaban J connectivity index is 2.98. The van der Waals surface area contributed by atoms with Gasteiger partial charge < -0.3 is 19.9 Å². The van der Waals surface area contributed by atoms with E-state index in [9.17, 15) is 9.59 Å². The van der Waals surface area contributed by atoms with Gasteiger partial charge in [0.25, 0.3) is 5.91 Å². The molecule has 0 aliphatic heterocycles. The molecule has 1 aromatic rings. The minimum atomic E-state index is -1.06. The van der Waals surface area contributed by atoms with Gasteiger partial charge in [0.05, 0.1) is 19.3 Å². The first kappa shape index (κ1) is 16.8. The van der Waals surface area contributed by atoms with Crippen molar-refractivity contribution in [1.29, 1.82) is 0 Å². The van der Waals surface area contributed by atoms with Gasteiger partial charge in [0.2, 0.25) is 0 Å². The van der Waals surface area contributed by atoms with Gasteiger partial charge in [0.15, 0.2) is 0 Å². The predicted molar refractivity (Wildman–Crippen MR) is 78.0 cm³/mol. The first-order valence-corrected chi connectivity index (χ1v) is 6.87. The van der Waals surface area contributed by atoms with E-state index in [2.05, 4.69) is 5.32 Å². The van der Waals surface area contributed by atoms with Gasteiger partial charge in [-0.05, 0) is 25.0 Å². The number of carboxylic acid groups (broad SMARTS) is 1. The third-order valence-electron chi connectivity index (χ3n) is 2.91. The lowest BCUT2D eigenvalue weighted by Gasteiger charge is -2.15. The van der Waals surface area contributed by atoms with Crippen molar-refractivity contribution in [1.82, 2.24) is 5.32 Å². The van der Waals surface area contributed by atoms with Gasteiger partial charge in [0.1, 0.15) is 17.5 Å². The molecule has 0 saturated heterocycles. The average molecular weight is 295 g/mol. The Kier molecular flexibility index (Phi) is 6.52. The summed E-state index contributed by atoms with van der Waals surface area (Å²) in [6, 6.07) is 3.90. The Hall–Kier alpha value is -2.24. The van der Waals surface area contributed by atoms with Crippen molar-refractivity contribution in [3.05, 3.63) is 23.8 Å². The second-order valence-electron chi connectivity index (χ2n) is 4.48. The molecule has 0 saturated carbocycles. The normalized spacial score (nSPS) is 11.6. The minimum absolute atomic E-state index is 0.295. The summed E-state index contributed by atoms with van der Waals surface area (Å²) in [6.07, 6.45) is 1.10. The lowest BCUT2D eigenvalue weighted by molar-refractivity contribution is -0.139. The molecule has 0 heterocycles. The zero-order chi connectivity index (χ0) is 15.8. The average Bonchev–Trinajstić information content (AvgIpc) is 2.49. The van der Waals surface area contributed by atoms with Gasteiger partial charge in [-0.25, -0.2) is 4.79 Å². The fourth-order valence-electron chi connectivity index (χ4n) is 1.72. The number of benzene rings is 1. The maximum absolute atomic E-state index is 12.2. The third kappa shape index (κ3) is 4.66. The van der Waals surface area contributed by atoms with Crippen LogP contribution in [0.5, 0.6) is 11.5 Å². The summed E-state index contributed by atoms with van der Waals surface area (Å²) >= 11 is 0. The molecule has 1 rings (SSSR count). The van der Waals surface area contributed by atoms with Crippen molar-refractivity contribution >= 4 is 11.9 Å². The van der Waals surface area contributed by atoms with Crippen LogP contribution in [0.1, 0.15) is 37.0 Å². The quantitative estimate of drug-likeness (QED) is 0.767. The van der Waals surface area contributed by atoms with Gasteiger partial charge in [-0.1, -0.05) is 13.8 Å². The molecule has 1 aromatic carbocycles. The number of methoxy groups -OCH3 is 1. The van der Waals surface area contributed by atoms with Crippen molar-refractivity contribution in [2.75, 3.05) is 13.7 Å². The van der Waals surface area contributed by atoms with Gasteiger partial charge in [-0.2, -0.15) is 0 Å². The number of aliphatic carboxylic acids is 1. The van der Waals surface area contributed by atoms with Crippen molar-refractivity contribution in [3.63, 3.8) is 0 Å². The molecule has 6 heteroatoms. The zero-order valence-corrected chi connectivity index (χ0v) is 12.5. The summed E-state index contributed by atoms with van der Waals surface area (Å²) in [5.41, 5.74) is 0.295. The Morgan fingerprint density at radius 3 is 2.57 bits per heavy atom. The highest BCUT2D eigenvalue weighted by molar-refractivity contribution is 5.99. The van der Waals surface area contributed by atoms with Crippen LogP contribution >= 0.6 is 0 Å². The van der Waals surface area contributed by atoms with Crippen LogP contribution in [-0.4, -0.2) is 36.7 Å². The van der Waals surface area contributed by atoms with E-state index in [4.69, 9.17) is 14.6 Å². The molecule has 0 aliphatic carbocycles. The second kappa shape index (κ2) is 8.14. The minimum Gasteiger partial charge on any atom is -0.497 e. The Morgan fingerprint density at radius 1 is 1.33 bits per heavy atom. The molecule has 1 amide bonds. The molecular weight excluding hydrogens is 274 g/mol. The lowest BCUT2D eigenvalue weighted by atomic mass is 10.1. The highest BCUT2D eigenvalue weighted by Gasteiger charge is 2.21. The molecule has 2 N–H and O–H groups in total. The molecule has 0 aromatic heterocycles. The summed E-state index contributed by atoms with van der Waals surface area (Å²) in [7, 11) is 1.52. The van der Waals surface area contributed by atoms with Crippen molar-refractivity contribution in [3.8, 4) is 11.5 Å². The van der Waals surface area contributed by atoms with Crippen LogP contribution in [0.3, 0.4) is 0 Å². The maximum Gasteiger partial charge on any atom is 0.326 e. The second-order valence-corrected chi connectivity index (χ2v) is 4.48. The molecule has 21 heavy (non-hydrogen) atoms. The monoisotopic (exact) mass is 295 g/mol. The molecule has 6 nitrogen and oxygen atoms in total. The number of hydrogen-bond acceptors (Lipinski definition) is 4. The van der Waals surface area contributed by atoms with E-state index in [1.54, 1.807) is 25.1 Å². The number of carboxylic acids is 1. The number of carbonyl (C=O) groups is 2. The molecule has 0 aliphatic rings. The van der Waals surface area contributed by atoms with Crippen molar-refractivity contribution in [2.24, 2.45) is 0 Å². The van der Waals surface area contributed by atoms with Crippen LogP contribution in [-0.2, 0) is 4.79 Å². The number of carbonyl (C=O) groups excluding carboxylic acids is 1. The molecular formula is C15H21NO5. The molecule has 1 atom stereocenters. The third-order valence-corrected chi connectivity index (χ3v) is 2.91. The van der Waals surface area contributed by atoms with Crippen molar-refractivity contribution < 1.29 is 24.2 Å².